The van der Waals surface area contributed by atoms with E-state index in [-0.39, 0.29) is 0 Å². The van der Waals surface area contributed by atoms with Gasteiger partial charge in [-0.15, -0.1) is 0 Å². The summed E-state index contributed by atoms with van der Waals surface area (Å²) in [6, 6.07) is 6.62. The van der Waals surface area contributed by atoms with Crippen LogP contribution in [0, 0.1) is 0 Å². The van der Waals surface area contributed by atoms with Crippen LogP contribution >= 0.6 is 0 Å². The lowest BCUT2D eigenvalue weighted by Crippen LogP contribution is -2.20. The minimum absolute atomic E-state index is 0.603. The molecule has 0 aliphatic heterocycles. The molecule has 2 atom stereocenters. The Labute approximate surface area is 121 Å². The number of azide groups is 1. The van der Waals surface area contributed by atoms with Gasteiger partial charge in [0.2, 0.25) is 0 Å². The summed E-state index contributed by atoms with van der Waals surface area (Å²) >= 11 is 0. The van der Waals surface area contributed by atoms with E-state index in [1.54, 1.807) is 10.9 Å². The van der Waals surface area contributed by atoms with E-state index in [0.29, 0.717) is 0 Å². The largest absolute Gasteiger partial charge is 0.376 e. The zero-order valence-electron chi connectivity index (χ0n) is 11.8. The molecule has 0 saturated heterocycles. The van der Waals surface area contributed by atoms with Crippen molar-refractivity contribution in [3.63, 3.8) is 0 Å². The van der Waals surface area contributed by atoms with Gasteiger partial charge in [-0.1, -0.05) is 29.4 Å². The highest BCUT2D eigenvalue weighted by molar-refractivity contribution is 5.62. The summed E-state index contributed by atoms with van der Waals surface area (Å²) in [4.78, 5) is 2.66. The maximum absolute atomic E-state index is 13.0. The summed E-state index contributed by atoms with van der Waals surface area (Å²) in [6.07, 6.45) is 3.08. The highest BCUT2D eigenvalue weighted by Crippen LogP contribution is 2.26. The molecule has 110 valence electrons. The maximum atomic E-state index is 13.0. The predicted molar refractivity (Wildman–Crippen MR) is 77.3 cm³/mol. The first-order chi connectivity index (χ1) is 10.2. The number of rotatable bonds is 6. The summed E-state index contributed by atoms with van der Waals surface area (Å²) in [5.41, 5.74) is 11.2. The van der Waals surface area contributed by atoms with Crippen LogP contribution < -0.4 is 0 Å². The average Bonchev–Trinajstić information content (AvgIpc) is 2.94. The molecule has 0 spiro atoms. The van der Waals surface area contributed by atoms with Crippen LogP contribution in [0.2, 0.25) is 0 Å². The molecule has 0 unspecified atom stereocenters. The molecule has 0 bridgehead atoms. The molecule has 0 aliphatic rings. The van der Waals surface area contributed by atoms with Crippen LogP contribution in [-0.2, 0) is 11.8 Å². The molecule has 1 heterocycles. The fourth-order valence-corrected chi connectivity index (χ4v) is 2.19. The summed E-state index contributed by atoms with van der Waals surface area (Å²) in [6.45, 7) is -0.771. The van der Waals surface area contributed by atoms with Gasteiger partial charge in [0.1, 0.15) is 6.67 Å². The Balaban J connectivity index is 2.26. The standard InChI is InChI=1S/C14H16FN5O/c1-20-9-12(8-17-20)10-3-5-11(6-4-10)14(21-2)13(7-15)18-19-16/h3-6,8-9,13-14H,7H2,1-2H3/t13-,14-/m1/s1. The molecule has 0 fully saturated rings. The second-order valence-electron chi connectivity index (χ2n) is 4.61. The van der Waals surface area contributed by atoms with Crippen molar-refractivity contribution in [2.75, 3.05) is 13.8 Å². The van der Waals surface area contributed by atoms with Gasteiger partial charge in [-0.3, -0.25) is 9.07 Å². The van der Waals surface area contributed by atoms with E-state index in [1.807, 2.05) is 37.5 Å². The Hall–Kier alpha value is -2.37. The highest BCUT2D eigenvalue weighted by atomic mass is 19.1. The Morgan fingerprint density at radius 3 is 2.57 bits per heavy atom. The van der Waals surface area contributed by atoms with E-state index >= 15 is 0 Å². The molecule has 6 nitrogen and oxygen atoms in total. The van der Waals surface area contributed by atoms with Crippen molar-refractivity contribution < 1.29 is 9.13 Å². The Morgan fingerprint density at radius 1 is 1.38 bits per heavy atom. The molecule has 1 aromatic carbocycles. The minimum atomic E-state index is -0.871. The third-order valence-corrected chi connectivity index (χ3v) is 3.24. The monoisotopic (exact) mass is 289 g/mol. The lowest BCUT2D eigenvalue weighted by molar-refractivity contribution is 0.0722. The van der Waals surface area contributed by atoms with Gasteiger partial charge in [0, 0.05) is 30.8 Å². The molecule has 0 radical (unpaired) electrons. The number of hydrogen-bond donors (Lipinski definition) is 0. The van der Waals surface area contributed by atoms with Crippen molar-refractivity contribution in [1.29, 1.82) is 0 Å². The highest BCUT2D eigenvalue weighted by Gasteiger charge is 2.22. The third-order valence-electron chi connectivity index (χ3n) is 3.24. The molecule has 2 aromatic rings. The Morgan fingerprint density at radius 2 is 2.10 bits per heavy atom. The van der Waals surface area contributed by atoms with Crippen molar-refractivity contribution >= 4 is 0 Å². The zero-order valence-corrected chi connectivity index (χ0v) is 11.8. The number of halogens is 1. The van der Waals surface area contributed by atoms with Crippen molar-refractivity contribution in [1.82, 2.24) is 9.78 Å². The van der Waals surface area contributed by atoms with Crippen molar-refractivity contribution in [2.24, 2.45) is 12.2 Å². The first-order valence-corrected chi connectivity index (χ1v) is 6.41. The van der Waals surface area contributed by atoms with E-state index in [0.717, 1.165) is 16.7 Å². The summed E-state index contributed by atoms with van der Waals surface area (Å²) in [5, 5.41) is 7.56. The first kappa shape index (κ1) is 15.0. The van der Waals surface area contributed by atoms with Gasteiger partial charge in [-0.2, -0.15) is 5.10 Å². The quantitative estimate of drug-likeness (QED) is 0.464. The van der Waals surface area contributed by atoms with Crippen LogP contribution in [0.5, 0.6) is 0 Å². The van der Waals surface area contributed by atoms with Crippen LogP contribution in [0.1, 0.15) is 11.7 Å². The smallest absolute Gasteiger partial charge is 0.101 e. The van der Waals surface area contributed by atoms with E-state index in [1.165, 1.54) is 7.11 Å². The molecule has 0 saturated carbocycles. The normalized spacial score (nSPS) is 13.5. The van der Waals surface area contributed by atoms with E-state index in [9.17, 15) is 4.39 Å². The second kappa shape index (κ2) is 6.88. The molecular formula is C14H16FN5O. The number of ether oxygens (including phenoxy) is 1. The van der Waals surface area contributed by atoms with Crippen LogP contribution in [0.15, 0.2) is 41.8 Å². The first-order valence-electron chi connectivity index (χ1n) is 6.41. The molecule has 21 heavy (non-hydrogen) atoms. The number of benzene rings is 1. The van der Waals surface area contributed by atoms with E-state index < -0.39 is 18.8 Å². The van der Waals surface area contributed by atoms with Gasteiger partial charge >= 0.3 is 0 Å². The van der Waals surface area contributed by atoms with Crippen LogP contribution in [0.4, 0.5) is 4.39 Å². The second-order valence-corrected chi connectivity index (χ2v) is 4.61. The number of alkyl halides is 1. The number of hydrogen-bond acceptors (Lipinski definition) is 3. The number of aryl methyl sites for hydroxylation is 1. The number of methoxy groups -OCH3 is 1. The zero-order chi connectivity index (χ0) is 15.2. The molecule has 0 N–H and O–H groups in total. The van der Waals surface area contributed by atoms with Gasteiger partial charge in [0.25, 0.3) is 0 Å². The number of aromatic nitrogens is 2. The Kier molecular flexibility index (Phi) is 4.92. The van der Waals surface area contributed by atoms with Crippen LogP contribution in [0.3, 0.4) is 0 Å². The minimum Gasteiger partial charge on any atom is -0.376 e. The Bertz CT molecular complexity index is 633. The lowest BCUT2D eigenvalue weighted by atomic mass is 10.0. The third kappa shape index (κ3) is 3.39. The molecule has 0 aliphatic carbocycles. The predicted octanol–water partition coefficient (Wildman–Crippen LogP) is 3.42. The lowest BCUT2D eigenvalue weighted by Gasteiger charge is -2.20. The number of nitrogens with zero attached hydrogens (tertiary/aromatic N) is 5. The average molecular weight is 289 g/mol. The summed E-state index contributed by atoms with van der Waals surface area (Å²) in [5.74, 6) is 0. The maximum Gasteiger partial charge on any atom is 0.101 e. The fourth-order valence-electron chi connectivity index (χ4n) is 2.19. The topological polar surface area (TPSA) is 75.8 Å². The SMILES string of the molecule is CO[C@H](c1ccc(-c2cnn(C)c2)cc1)[C@@H](CF)N=[N+]=[N-]. The van der Waals surface area contributed by atoms with E-state index in [2.05, 4.69) is 15.1 Å². The van der Waals surface area contributed by atoms with Crippen molar-refractivity contribution in [3.05, 3.63) is 52.7 Å². The summed E-state index contributed by atoms with van der Waals surface area (Å²) < 4.78 is 20.0. The van der Waals surface area contributed by atoms with Gasteiger partial charge in [0.05, 0.1) is 18.3 Å². The molecule has 2 rings (SSSR count). The van der Waals surface area contributed by atoms with Gasteiger partial charge in [-0.25, -0.2) is 0 Å². The van der Waals surface area contributed by atoms with Crippen LogP contribution in [-0.4, -0.2) is 29.6 Å². The van der Waals surface area contributed by atoms with Crippen molar-refractivity contribution in [2.45, 2.75) is 12.1 Å². The van der Waals surface area contributed by atoms with Crippen LogP contribution in [0.25, 0.3) is 21.6 Å². The molecule has 1 aromatic heterocycles. The summed E-state index contributed by atoms with van der Waals surface area (Å²) in [7, 11) is 3.32. The fraction of sp³-hybridized carbons (Fsp3) is 0.357. The van der Waals surface area contributed by atoms with E-state index in [4.69, 9.17) is 10.3 Å². The molecular weight excluding hydrogens is 273 g/mol. The molecule has 0 amide bonds. The van der Waals surface area contributed by atoms with Gasteiger partial charge in [0.15, 0.2) is 0 Å². The molecule has 7 heteroatoms. The van der Waals surface area contributed by atoms with Gasteiger partial charge < -0.3 is 4.74 Å². The van der Waals surface area contributed by atoms with Crippen molar-refractivity contribution in [3.8, 4) is 11.1 Å². The van der Waals surface area contributed by atoms with Gasteiger partial charge in [-0.05, 0) is 16.7 Å².